The van der Waals surface area contributed by atoms with Gasteiger partial charge in [0.15, 0.2) is 11.5 Å². The summed E-state index contributed by atoms with van der Waals surface area (Å²) < 4.78 is 17.3. The maximum Gasteiger partial charge on any atom is 0.231 e. The molecule has 0 fully saturated rings. The Hall–Kier alpha value is -3.53. The van der Waals surface area contributed by atoms with E-state index in [1.807, 2.05) is 36.4 Å². The highest BCUT2D eigenvalue weighted by Crippen LogP contribution is 2.46. The van der Waals surface area contributed by atoms with E-state index in [2.05, 4.69) is 30.3 Å². The molecular weight excluding hydrogens is 338 g/mol. The summed E-state index contributed by atoms with van der Waals surface area (Å²) in [5, 5.41) is 1.05. The second-order valence-corrected chi connectivity index (χ2v) is 6.69. The normalized spacial score (nSPS) is 13.8. The zero-order chi connectivity index (χ0) is 17.8. The number of benzene rings is 3. The van der Waals surface area contributed by atoms with E-state index in [0.717, 1.165) is 56.1 Å². The zero-order valence-corrected chi connectivity index (χ0v) is 14.4. The summed E-state index contributed by atoms with van der Waals surface area (Å²) in [5.41, 5.74) is 6.28. The fourth-order valence-corrected chi connectivity index (χ4v) is 3.93. The lowest BCUT2D eigenvalue weighted by Crippen LogP contribution is -2.09. The van der Waals surface area contributed by atoms with Gasteiger partial charge in [-0.3, -0.25) is 0 Å². The van der Waals surface area contributed by atoms with E-state index in [1.165, 1.54) is 0 Å². The van der Waals surface area contributed by atoms with Crippen LogP contribution in [-0.4, -0.2) is 11.8 Å². The van der Waals surface area contributed by atoms with E-state index in [0.29, 0.717) is 6.61 Å². The van der Waals surface area contributed by atoms with Gasteiger partial charge >= 0.3 is 0 Å². The van der Waals surface area contributed by atoms with Gasteiger partial charge in [0.2, 0.25) is 6.79 Å². The van der Waals surface area contributed by atoms with Gasteiger partial charge in [-0.2, -0.15) is 0 Å². The molecule has 0 aliphatic carbocycles. The lowest BCUT2D eigenvalue weighted by atomic mass is 9.91. The second-order valence-electron chi connectivity index (χ2n) is 6.69. The molecule has 0 saturated carbocycles. The Morgan fingerprint density at radius 2 is 1.52 bits per heavy atom. The molecule has 1 aromatic heterocycles. The minimum absolute atomic E-state index is 0.248. The second kappa shape index (κ2) is 5.48. The molecule has 0 amide bonds. The highest BCUT2D eigenvalue weighted by atomic mass is 16.7. The topological polar surface area (TPSA) is 40.6 Å². The molecule has 3 heterocycles. The summed E-state index contributed by atoms with van der Waals surface area (Å²) in [6, 6.07) is 22.5. The maximum atomic E-state index is 6.06. The van der Waals surface area contributed by atoms with E-state index in [1.54, 1.807) is 0 Å². The van der Waals surface area contributed by atoms with Crippen LogP contribution in [0.15, 0.2) is 66.7 Å². The van der Waals surface area contributed by atoms with Gasteiger partial charge in [-0.1, -0.05) is 42.5 Å². The SMILES string of the molecule is c1ccc(-c2c3c(nc4cc5c(cc24)OCO5)-c2ccccc2OC3)cc1. The predicted octanol–water partition coefficient (Wildman–Crippen LogP) is 5.19. The molecule has 6 rings (SSSR count). The monoisotopic (exact) mass is 353 g/mol. The summed E-state index contributed by atoms with van der Waals surface area (Å²) in [4.78, 5) is 5.01. The molecule has 27 heavy (non-hydrogen) atoms. The first-order valence-corrected chi connectivity index (χ1v) is 8.92. The average molecular weight is 353 g/mol. The van der Waals surface area contributed by atoms with Crippen molar-refractivity contribution in [3.63, 3.8) is 0 Å². The van der Waals surface area contributed by atoms with Crippen molar-refractivity contribution in [2.24, 2.45) is 0 Å². The number of para-hydroxylation sites is 1. The molecule has 2 aliphatic heterocycles. The Morgan fingerprint density at radius 1 is 0.741 bits per heavy atom. The minimum Gasteiger partial charge on any atom is -0.488 e. The van der Waals surface area contributed by atoms with E-state index < -0.39 is 0 Å². The lowest BCUT2D eigenvalue weighted by Gasteiger charge is -2.24. The molecular formula is C23H15NO3. The number of nitrogens with zero attached hydrogens (tertiary/aromatic N) is 1. The first kappa shape index (κ1) is 14.6. The highest BCUT2D eigenvalue weighted by Gasteiger charge is 2.26. The van der Waals surface area contributed by atoms with Gasteiger partial charge in [-0.25, -0.2) is 4.98 Å². The van der Waals surface area contributed by atoms with Crippen molar-refractivity contribution in [3.8, 4) is 39.6 Å². The van der Waals surface area contributed by atoms with Gasteiger partial charge in [-0.15, -0.1) is 0 Å². The molecule has 4 heteroatoms. The Labute approximate surface area is 156 Å². The number of rotatable bonds is 1. The Balaban J connectivity index is 1.75. The third-order valence-electron chi connectivity index (χ3n) is 5.16. The van der Waals surface area contributed by atoms with Crippen LogP contribution >= 0.6 is 0 Å². The van der Waals surface area contributed by atoms with Crippen molar-refractivity contribution in [2.75, 3.05) is 6.79 Å². The zero-order valence-electron chi connectivity index (χ0n) is 14.4. The van der Waals surface area contributed by atoms with Crippen molar-refractivity contribution in [1.29, 1.82) is 0 Å². The van der Waals surface area contributed by atoms with Crippen LogP contribution in [0, 0.1) is 0 Å². The largest absolute Gasteiger partial charge is 0.488 e. The van der Waals surface area contributed by atoms with E-state index in [9.17, 15) is 0 Å². The first-order valence-electron chi connectivity index (χ1n) is 8.92. The third-order valence-corrected chi connectivity index (χ3v) is 5.16. The third kappa shape index (κ3) is 2.13. The molecule has 0 spiro atoms. The van der Waals surface area contributed by atoms with Crippen LogP contribution in [0.1, 0.15) is 5.56 Å². The average Bonchev–Trinajstić information content (AvgIpc) is 3.18. The van der Waals surface area contributed by atoms with Crippen molar-refractivity contribution < 1.29 is 14.2 Å². The van der Waals surface area contributed by atoms with Crippen LogP contribution in [0.2, 0.25) is 0 Å². The minimum atomic E-state index is 0.248. The molecule has 0 unspecified atom stereocenters. The van der Waals surface area contributed by atoms with Crippen LogP contribution < -0.4 is 14.2 Å². The number of aromatic nitrogens is 1. The number of hydrogen-bond acceptors (Lipinski definition) is 4. The van der Waals surface area contributed by atoms with Crippen LogP contribution in [0.4, 0.5) is 0 Å². The molecule has 3 aromatic carbocycles. The van der Waals surface area contributed by atoms with Crippen LogP contribution in [0.3, 0.4) is 0 Å². The van der Waals surface area contributed by atoms with Gasteiger partial charge in [0.1, 0.15) is 12.4 Å². The fourth-order valence-electron chi connectivity index (χ4n) is 3.93. The summed E-state index contributed by atoms with van der Waals surface area (Å²) in [6.07, 6.45) is 0. The first-order chi connectivity index (χ1) is 13.4. The number of fused-ring (bicyclic) bond motifs is 5. The van der Waals surface area contributed by atoms with Crippen LogP contribution in [-0.2, 0) is 6.61 Å². The van der Waals surface area contributed by atoms with Crippen LogP contribution in [0.25, 0.3) is 33.3 Å². The predicted molar refractivity (Wildman–Crippen MR) is 103 cm³/mol. The summed E-state index contributed by atoms with van der Waals surface area (Å²) in [5.74, 6) is 2.38. The van der Waals surface area contributed by atoms with E-state index >= 15 is 0 Å². The number of pyridine rings is 1. The van der Waals surface area contributed by atoms with E-state index in [4.69, 9.17) is 19.2 Å². The van der Waals surface area contributed by atoms with Gasteiger partial charge < -0.3 is 14.2 Å². The molecule has 4 aromatic rings. The van der Waals surface area contributed by atoms with E-state index in [-0.39, 0.29) is 6.79 Å². The highest BCUT2D eigenvalue weighted by molar-refractivity contribution is 6.01. The molecule has 0 N–H and O–H groups in total. The molecule has 4 nitrogen and oxygen atoms in total. The Morgan fingerprint density at radius 3 is 2.41 bits per heavy atom. The maximum absolute atomic E-state index is 6.06. The number of ether oxygens (including phenoxy) is 3. The molecule has 0 saturated heterocycles. The van der Waals surface area contributed by atoms with Gasteiger partial charge in [0.05, 0.1) is 11.2 Å². The van der Waals surface area contributed by atoms with Crippen molar-refractivity contribution in [1.82, 2.24) is 4.98 Å². The van der Waals surface area contributed by atoms with Crippen molar-refractivity contribution in [3.05, 3.63) is 72.3 Å². The molecule has 0 atom stereocenters. The van der Waals surface area contributed by atoms with Crippen molar-refractivity contribution in [2.45, 2.75) is 6.61 Å². The van der Waals surface area contributed by atoms with Gasteiger partial charge in [-0.05, 0) is 29.3 Å². The summed E-state index contributed by atoms with van der Waals surface area (Å²) >= 11 is 0. The van der Waals surface area contributed by atoms with Gasteiger partial charge in [0.25, 0.3) is 0 Å². The van der Waals surface area contributed by atoms with Gasteiger partial charge in [0, 0.05) is 22.6 Å². The summed E-state index contributed by atoms with van der Waals surface area (Å²) in [6.45, 7) is 0.742. The standard InChI is InChI=1S/C23H15NO3/c1-2-6-14(7-3-1)22-16-10-20-21(27-13-26-20)11-18(16)24-23-15-8-4-5-9-19(15)25-12-17(22)23/h1-11H,12-13H2. The van der Waals surface area contributed by atoms with Crippen molar-refractivity contribution >= 4 is 10.9 Å². The molecule has 2 aliphatic rings. The number of hydrogen-bond donors (Lipinski definition) is 0. The molecule has 0 radical (unpaired) electrons. The Kier molecular flexibility index (Phi) is 2.97. The Bertz CT molecular complexity index is 1200. The molecule has 130 valence electrons. The lowest BCUT2D eigenvalue weighted by molar-refractivity contribution is 0.174. The quantitative estimate of drug-likeness (QED) is 0.472. The molecule has 0 bridgehead atoms. The smallest absolute Gasteiger partial charge is 0.231 e. The van der Waals surface area contributed by atoms with Crippen LogP contribution in [0.5, 0.6) is 17.2 Å². The fraction of sp³-hybridized carbons (Fsp3) is 0.0870. The summed E-state index contributed by atoms with van der Waals surface area (Å²) in [7, 11) is 0.